The zero-order valence-corrected chi connectivity index (χ0v) is 17.1. The molecule has 0 bridgehead atoms. The highest BCUT2D eigenvalue weighted by molar-refractivity contribution is 5.94. The van der Waals surface area contributed by atoms with Gasteiger partial charge in [0.05, 0.1) is 0 Å². The molecule has 0 saturated carbocycles. The maximum Gasteiger partial charge on any atom is 0.274 e. The van der Waals surface area contributed by atoms with Crippen LogP contribution in [-0.4, -0.2) is 58.2 Å². The molecule has 1 aliphatic carbocycles. The summed E-state index contributed by atoms with van der Waals surface area (Å²) in [5.74, 6) is 0.834. The highest BCUT2D eigenvalue weighted by Crippen LogP contribution is 2.28. The summed E-state index contributed by atoms with van der Waals surface area (Å²) in [6.45, 7) is 10.4. The van der Waals surface area contributed by atoms with Gasteiger partial charge in [0.2, 0.25) is 0 Å². The number of amides is 1. The van der Waals surface area contributed by atoms with Crippen molar-refractivity contribution in [3.63, 3.8) is 0 Å². The minimum Gasteiger partial charge on any atom is -0.337 e. The average molecular weight is 361 g/mol. The third kappa shape index (κ3) is 4.13. The predicted molar refractivity (Wildman–Crippen MR) is 106 cm³/mol. The number of hydrogen-bond donors (Lipinski definition) is 0. The van der Waals surface area contributed by atoms with Crippen LogP contribution in [0.3, 0.4) is 0 Å². The first-order valence-corrected chi connectivity index (χ1v) is 10.6. The molecule has 1 unspecified atom stereocenters. The van der Waals surface area contributed by atoms with E-state index in [4.69, 9.17) is 5.10 Å². The van der Waals surface area contributed by atoms with Crippen LogP contribution in [0.4, 0.5) is 0 Å². The summed E-state index contributed by atoms with van der Waals surface area (Å²) in [5, 5.41) is 4.78. The summed E-state index contributed by atoms with van der Waals surface area (Å²) < 4.78 is 2.08. The maximum absolute atomic E-state index is 13.2. The number of aromatic nitrogens is 2. The van der Waals surface area contributed by atoms with Crippen LogP contribution in [0.15, 0.2) is 0 Å². The van der Waals surface area contributed by atoms with Gasteiger partial charge in [-0.15, -0.1) is 0 Å². The number of rotatable bonds is 5. The van der Waals surface area contributed by atoms with Crippen molar-refractivity contribution >= 4 is 5.91 Å². The maximum atomic E-state index is 13.2. The molecule has 2 aliphatic rings. The molecular weight excluding hydrogens is 324 g/mol. The molecule has 3 rings (SSSR count). The third-order valence-electron chi connectivity index (χ3n) is 5.99. The fourth-order valence-corrected chi connectivity index (χ4v) is 4.63. The molecule has 0 radical (unpaired) electrons. The van der Waals surface area contributed by atoms with Gasteiger partial charge in [0.1, 0.15) is 0 Å². The van der Waals surface area contributed by atoms with E-state index in [-0.39, 0.29) is 5.91 Å². The molecule has 2 heterocycles. The number of aryl methyl sites for hydroxylation is 1. The summed E-state index contributed by atoms with van der Waals surface area (Å²) in [6, 6.07) is 0.523. The molecule has 146 valence electrons. The Hall–Kier alpha value is -1.36. The van der Waals surface area contributed by atoms with E-state index in [0.717, 1.165) is 57.6 Å². The Bertz CT molecular complexity index is 614. The van der Waals surface area contributed by atoms with Crippen molar-refractivity contribution in [3.05, 3.63) is 17.0 Å². The lowest BCUT2D eigenvalue weighted by Crippen LogP contribution is -2.39. The van der Waals surface area contributed by atoms with Crippen molar-refractivity contribution in [2.75, 3.05) is 26.7 Å². The standard InChI is InChI=1S/C21H36N4O/c1-5-25-19-11-10-17(23(4)15-16(2)3)14-18(19)20(22-25)21(26)24-12-8-6-7-9-13-24/h16-17H,5-15H2,1-4H3. The van der Waals surface area contributed by atoms with Crippen molar-refractivity contribution in [2.45, 2.75) is 78.3 Å². The van der Waals surface area contributed by atoms with Gasteiger partial charge in [0.25, 0.3) is 5.91 Å². The van der Waals surface area contributed by atoms with Crippen molar-refractivity contribution in [2.24, 2.45) is 5.92 Å². The van der Waals surface area contributed by atoms with E-state index in [1.807, 2.05) is 0 Å². The Balaban J connectivity index is 1.83. The molecule has 1 atom stereocenters. The minimum absolute atomic E-state index is 0.169. The van der Waals surface area contributed by atoms with Gasteiger partial charge in [0.15, 0.2) is 5.69 Å². The lowest BCUT2D eigenvalue weighted by molar-refractivity contribution is 0.0753. The van der Waals surface area contributed by atoms with Gasteiger partial charge in [-0.2, -0.15) is 5.10 Å². The van der Waals surface area contributed by atoms with Crippen LogP contribution in [0.5, 0.6) is 0 Å². The smallest absolute Gasteiger partial charge is 0.274 e. The Labute approximate surface area is 158 Å². The highest BCUT2D eigenvalue weighted by atomic mass is 16.2. The van der Waals surface area contributed by atoms with E-state index in [9.17, 15) is 4.79 Å². The van der Waals surface area contributed by atoms with Gasteiger partial charge >= 0.3 is 0 Å². The normalized spacial score (nSPS) is 21.2. The molecule has 5 nitrogen and oxygen atoms in total. The molecule has 1 aromatic rings. The second-order valence-corrected chi connectivity index (χ2v) is 8.53. The molecule has 0 spiro atoms. The van der Waals surface area contributed by atoms with Crippen molar-refractivity contribution in [1.82, 2.24) is 19.6 Å². The molecule has 1 amide bonds. The summed E-state index contributed by atoms with van der Waals surface area (Å²) in [5.41, 5.74) is 3.28. The first-order chi connectivity index (χ1) is 12.5. The second-order valence-electron chi connectivity index (χ2n) is 8.53. The average Bonchev–Trinajstić information content (AvgIpc) is 2.79. The fraction of sp³-hybridized carbons (Fsp3) is 0.810. The van der Waals surface area contributed by atoms with Gasteiger partial charge in [-0.1, -0.05) is 26.7 Å². The van der Waals surface area contributed by atoms with E-state index in [0.29, 0.717) is 12.0 Å². The van der Waals surface area contributed by atoms with E-state index < -0.39 is 0 Å². The van der Waals surface area contributed by atoms with Gasteiger partial charge in [0, 0.05) is 43.5 Å². The third-order valence-corrected chi connectivity index (χ3v) is 5.99. The fourth-order valence-electron chi connectivity index (χ4n) is 4.63. The van der Waals surface area contributed by atoms with E-state index in [1.54, 1.807) is 0 Å². The van der Waals surface area contributed by atoms with Crippen molar-refractivity contribution in [3.8, 4) is 0 Å². The predicted octanol–water partition coefficient (Wildman–Crippen LogP) is 3.36. The molecule has 1 aromatic heterocycles. The van der Waals surface area contributed by atoms with Gasteiger partial charge in [-0.25, -0.2) is 0 Å². The molecule has 0 aromatic carbocycles. The van der Waals surface area contributed by atoms with Crippen LogP contribution >= 0.6 is 0 Å². The van der Waals surface area contributed by atoms with Crippen molar-refractivity contribution in [1.29, 1.82) is 0 Å². The van der Waals surface area contributed by atoms with Crippen LogP contribution < -0.4 is 0 Å². The molecule has 1 fully saturated rings. The number of fused-ring (bicyclic) bond motifs is 1. The Morgan fingerprint density at radius 2 is 1.92 bits per heavy atom. The van der Waals surface area contributed by atoms with Gasteiger partial charge < -0.3 is 9.80 Å². The topological polar surface area (TPSA) is 41.4 Å². The number of carbonyl (C=O) groups excluding carboxylic acids is 1. The van der Waals surface area contributed by atoms with Crippen LogP contribution in [0.1, 0.15) is 74.6 Å². The molecule has 1 aliphatic heterocycles. The Kier molecular flexibility index (Phi) is 6.38. The Morgan fingerprint density at radius 1 is 1.23 bits per heavy atom. The number of hydrogen-bond acceptors (Lipinski definition) is 3. The zero-order chi connectivity index (χ0) is 18.7. The SMILES string of the molecule is CCn1nc(C(=O)N2CCCCCC2)c2c1CCC(N(C)CC(C)C)C2. The molecule has 5 heteroatoms. The Morgan fingerprint density at radius 3 is 2.54 bits per heavy atom. The first-order valence-electron chi connectivity index (χ1n) is 10.6. The lowest BCUT2D eigenvalue weighted by Gasteiger charge is -2.33. The van der Waals surface area contributed by atoms with Crippen LogP contribution in [-0.2, 0) is 19.4 Å². The quantitative estimate of drug-likeness (QED) is 0.808. The molecule has 26 heavy (non-hydrogen) atoms. The van der Waals surface area contributed by atoms with E-state index >= 15 is 0 Å². The first kappa shape index (κ1) is 19.4. The van der Waals surface area contributed by atoms with Crippen LogP contribution in [0.2, 0.25) is 0 Å². The zero-order valence-electron chi connectivity index (χ0n) is 17.1. The summed E-state index contributed by atoms with van der Waals surface area (Å²) >= 11 is 0. The van der Waals surface area contributed by atoms with Gasteiger partial charge in [-0.3, -0.25) is 9.48 Å². The summed E-state index contributed by atoms with van der Waals surface area (Å²) in [6.07, 6.45) is 7.91. The molecular formula is C21H36N4O. The number of carbonyl (C=O) groups is 1. The van der Waals surface area contributed by atoms with Crippen LogP contribution in [0, 0.1) is 5.92 Å². The minimum atomic E-state index is 0.169. The highest BCUT2D eigenvalue weighted by Gasteiger charge is 2.32. The second kappa shape index (κ2) is 8.55. The summed E-state index contributed by atoms with van der Waals surface area (Å²) in [7, 11) is 2.23. The number of nitrogens with zero attached hydrogens (tertiary/aromatic N) is 4. The number of likely N-dealkylation sites (N-methyl/N-ethyl adjacent to an activating group) is 1. The summed E-state index contributed by atoms with van der Waals surface area (Å²) in [4.78, 5) is 17.8. The molecule has 1 saturated heterocycles. The lowest BCUT2D eigenvalue weighted by atomic mass is 9.90. The van der Waals surface area contributed by atoms with Crippen molar-refractivity contribution < 1.29 is 4.79 Å². The monoisotopic (exact) mass is 360 g/mol. The van der Waals surface area contributed by atoms with E-state index in [2.05, 4.69) is 42.3 Å². The molecule has 0 N–H and O–H groups in total. The van der Waals surface area contributed by atoms with Gasteiger partial charge in [-0.05, 0) is 52.0 Å². The number of likely N-dealkylation sites (tertiary alicyclic amines) is 1. The largest absolute Gasteiger partial charge is 0.337 e. The van der Waals surface area contributed by atoms with Crippen LogP contribution in [0.25, 0.3) is 0 Å². The van der Waals surface area contributed by atoms with E-state index in [1.165, 1.54) is 30.5 Å².